The number of carbonyl (C=O) groups excluding carboxylic acids is 1. The molecule has 3 amide bonds. The summed E-state index contributed by atoms with van der Waals surface area (Å²) < 4.78 is 88.9. The van der Waals surface area contributed by atoms with Gasteiger partial charge in [0.15, 0.2) is 0 Å². The predicted molar refractivity (Wildman–Crippen MR) is 144 cm³/mol. The van der Waals surface area contributed by atoms with Gasteiger partial charge in [0, 0.05) is 5.38 Å². The Bertz CT molecular complexity index is 1530. The molecule has 0 bridgehead atoms. The quantitative estimate of drug-likeness (QED) is 0.301. The van der Waals surface area contributed by atoms with Gasteiger partial charge in [-0.2, -0.15) is 24.5 Å². The number of carbonyl (C=O) groups is 2. The van der Waals surface area contributed by atoms with E-state index in [1.807, 2.05) is 0 Å². The minimum Gasteiger partial charge on any atom is -0.484 e. The molecule has 16 heteroatoms. The lowest BCUT2D eigenvalue weighted by Crippen LogP contribution is -2.57. The van der Waals surface area contributed by atoms with Crippen molar-refractivity contribution in [1.29, 1.82) is 0 Å². The second kappa shape index (κ2) is 11.1. The highest BCUT2D eigenvalue weighted by Gasteiger charge is 2.54. The number of carboxylic acid groups (broad SMARTS) is 1. The number of hydrogen-bond donors (Lipinski definition) is 3. The van der Waals surface area contributed by atoms with Crippen LogP contribution < -0.4 is 24.6 Å². The van der Waals surface area contributed by atoms with Gasteiger partial charge in [-0.3, -0.25) is 9.21 Å². The number of hydrogen-bond acceptors (Lipinski definition) is 6. The number of nitrogens with zero attached hydrogens (tertiary/aromatic N) is 2. The standard InChI is InChI=1S/C25H24F4N4O6S2/c1-24(2,25(27,28)29)33(23(35)36)17-5-8-21-20(11-17)32(41(37,38)19-6-3-15(26)4-7-19)13-18(39-21)12-30-22(34)31-16-9-10-40-14-16/h3-11,14,18H,12-13H2,1-2H3,(H,35,36)(H2,30,31,34)/t18-/m0/s1. The Morgan fingerprint density at radius 1 is 1.15 bits per heavy atom. The number of nitrogens with one attached hydrogen (secondary N) is 2. The number of sulfonamides is 1. The Morgan fingerprint density at radius 2 is 1.83 bits per heavy atom. The second-order valence-electron chi connectivity index (χ2n) is 9.40. The first kappa shape index (κ1) is 29.9. The van der Waals surface area contributed by atoms with Crippen molar-refractivity contribution in [2.24, 2.45) is 0 Å². The lowest BCUT2D eigenvalue weighted by molar-refractivity contribution is -0.175. The Balaban J connectivity index is 1.72. The highest BCUT2D eigenvalue weighted by Crippen LogP contribution is 2.43. The van der Waals surface area contributed by atoms with Crippen LogP contribution in [-0.4, -0.2) is 56.6 Å². The summed E-state index contributed by atoms with van der Waals surface area (Å²) in [4.78, 5) is 24.0. The molecule has 4 rings (SSSR count). The van der Waals surface area contributed by atoms with Crippen LogP contribution in [0.1, 0.15) is 13.8 Å². The lowest BCUT2D eigenvalue weighted by atomic mass is 10.0. The van der Waals surface area contributed by atoms with E-state index in [9.17, 15) is 40.7 Å². The van der Waals surface area contributed by atoms with Gasteiger partial charge in [0.05, 0.1) is 35.0 Å². The summed E-state index contributed by atoms with van der Waals surface area (Å²) >= 11 is 1.36. The van der Waals surface area contributed by atoms with Gasteiger partial charge in [0.1, 0.15) is 23.2 Å². The monoisotopic (exact) mass is 616 g/mol. The fourth-order valence-corrected chi connectivity index (χ4v) is 6.11. The molecule has 0 aliphatic carbocycles. The molecule has 3 N–H and O–H groups in total. The Morgan fingerprint density at radius 3 is 2.41 bits per heavy atom. The van der Waals surface area contributed by atoms with Gasteiger partial charge in [-0.05, 0) is 67.8 Å². The van der Waals surface area contributed by atoms with Crippen LogP contribution in [0.5, 0.6) is 5.75 Å². The molecule has 1 aromatic heterocycles. The normalized spacial score (nSPS) is 15.5. The van der Waals surface area contributed by atoms with E-state index >= 15 is 0 Å². The van der Waals surface area contributed by atoms with E-state index in [-0.39, 0.29) is 27.8 Å². The number of halogens is 4. The van der Waals surface area contributed by atoms with Crippen LogP contribution in [0, 0.1) is 5.82 Å². The van der Waals surface area contributed by atoms with Crippen LogP contribution in [0.25, 0.3) is 0 Å². The van der Waals surface area contributed by atoms with E-state index in [1.54, 1.807) is 16.8 Å². The van der Waals surface area contributed by atoms with Crippen molar-refractivity contribution in [2.45, 2.75) is 36.6 Å². The van der Waals surface area contributed by atoms with Crippen molar-refractivity contribution in [3.05, 3.63) is 65.1 Å². The molecule has 0 saturated carbocycles. The molecule has 41 heavy (non-hydrogen) atoms. The first-order chi connectivity index (χ1) is 19.1. The van der Waals surface area contributed by atoms with Gasteiger partial charge in [0.25, 0.3) is 10.0 Å². The third-order valence-electron chi connectivity index (χ3n) is 6.25. The number of amides is 3. The lowest BCUT2D eigenvalue weighted by Gasteiger charge is -2.39. The second-order valence-corrected chi connectivity index (χ2v) is 12.0. The molecule has 1 atom stereocenters. The molecule has 0 spiro atoms. The van der Waals surface area contributed by atoms with Crippen LogP contribution in [-0.2, 0) is 10.0 Å². The van der Waals surface area contributed by atoms with Crippen LogP contribution in [0.2, 0.25) is 0 Å². The summed E-state index contributed by atoms with van der Waals surface area (Å²) in [5.41, 5.74) is -3.05. The van der Waals surface area contributed by atoms with Crippen LogP contribution in [0.3, 0.4) is 0 Å². The van der Waals surface area contributed by atoms with Gasteiger partial charge in [-0.1, -0.05) is 0 Å². The number of thiophene rings is 1. The minimum atomic E-state index is -4.97. The zero-order valence-electron chi connectivity index (χ0n) is 21.5. The average Bonchev–Trinajstić information content (AvgIpc) is 3.39. The van der Waals surface area contributed by atoms with E-state index < -0.39 is 58.0 Å². The first-order valence-electron chi connectivity index (χ1n) is 11.9. The smallest absolute Gasteiger partial charge is 0.412 e. The molecule has 2 aromatic carbocycles. The third kappa shape index (κ3) is 6.17. The fourth-order valence-electron chi connectivity index (χ4n) is 4.02. The minimum absolute atomic E-state index is 0.0817. The van der Waals surface area contributed by atoms with Gasteiger partial charge < -0.3 is 20.5 Å². The largest absolute Gasteiger partial charge is 0.484 e. The Kier molecular flexibility index (Phi) is 8.09. The summed E-state index contributed by atoms with van der Waals surface area (Å²) in [6.07, 6.45) is -7.85. The summed E-state index contributed by atoms with van der Waals surface area (Å²) in [6, 6.07) is 8.14. The molecule has 0 fully saturated rings. The topological polar surface area (TPSA) is 128 Å². The molecule has 10 nitrogen and oxygen atoms in total. The number of urea groups is 1. The third-order valence-corrected chi connectivity index (χ3v) is 8.72. The molecule has 3 aromatic rings. The van der Waals surface area contributed by atoms with Crippen molar-refractivity contribution in [1.82, 2.24) is 5.32 Å². The molecular formula is C25H24F4N4O6S2. The van der Waals surface area contributed by atoms with Gasteiger partial charge in [-0.15, -0.1) is 0 Å². The van der Waals surface area contributed by atoms with Crippen LogP contribution >= 0.6 is 11.3 Å². The van der Waals surface area contributed by atoms with Crippen molar-refractivity contribution >= 4 is 50.5 Å². The molecule has 1 aliphatic rings. The molecule has 1 aliphatic heterocycles. The number of fused-ring (bicyclic) bond motifs is 1. The number of ether oxygens (including phenoxy) is 1. The van der Waals surface area contributed by atoms with Gasteiger partial charge >= 0.3 is 18.3 Å². The van der Waals surface area contributed by atoms with Crippen molar-refractivity contribution < 1.29 is 45.4 Å². The number of alkyl halides is 3. The zero-order valence-corrected chi connectivity index (χ0v) is 23.1. The number of benzene rings is 2. The molecule has 2 heterocycles. The summed E-state index contributed by atoms with van der Waals surface area (Å²) in [6.45, 7) is 0.763. The Labute approximate surface area is 236 Å². The highest BCUT2D eigenvalue weighted by atomic mass is 32.2. The van der Waals surface area contributed by atoms with E-state index in [0.717, 1.165) is 46.8 Å². The van der Waals surface area contributed by atoms with E-state index in [2.05, 4.69) is 10.6 Å². The van der Waals surface area contributed by atoms with Gasteiger partial charge in [0.2, 0.25) is 0 Å². The van der Waals surface area contributed by atoms with E-state index in [0.29, 0.717) is 19.5 Å². The van der Waals surface area contributed by atoms with Crippen LogP contribution in [0.4, 0.5) is 44.2 Å². The number of rotatable bonds is 7. The fraction of sp³-hybridized carbons (Fsp3) is 0.280. The first-order valence-corrected chi connectivity index (χ1v) is 14.3. The summed E-state index contributed by atoms with van der Waals surface area (Å²) in [5.74, 6) is -0.787. The predicted octanol–water partition coefficient (Wildman–Crippen LogP) is 5.49. The van der Waals surface area contributed by atoms with E-state index in [1.165, 1.54) is 11.3 Å². The van der Waals surface area contributed by atoms with Crippen molar-refractivity contribution in [3.8, 4) is 5.75 Å². The van der Waals surface area contributed by atoms with Gasteiger partial charge in [-0.25, -0.2) is 22.4 Å². The number of anilines is 3. The maximum atomic E-state index is 13.8. The summed E-state index contributed by atoms with van der Waals surface area (Å²) in [7, 11) is -4.46. The Hall–Kier alpha value is -4.05. The maximum absolute atomic E-state index is 13.8. The molecule has 220 valence electrons. The molecule has 0 saturated heterocycles. The van der Waals surface area contributed by atoms with Crippen LogP contribution in [0.15, 0.2) is 64.2 Å². The SMILES string of the molecule is CC(C)(N(C(=O)O)c1ccc2c(c1)N(S(=O)(=O)c1ccc(F)cc1)C[C@H](CNC(=O)Nc1ccsc1)O2)C(F)(F)F. The molecule has 0 radical (unpaired) electrons. The average molecular weight is 617 g/mol. The zero-order chi connectivity index (χ0) is 30.2. The van der Waals surface area contributed by atoms with Crippen molar-refractivity contribution in [2.75, 3.05) is 27.6 Å². The maximum Gasteiger partial charge on any atom is 0.412 e. The summed E-state index contributed by atoms with van der Waals surface area (Å²) in [5, 5.41) is 18.3. The molecule has 0 unspecified atom stereocenters. The highest BCUT2D eigenvalue weighted by molar-refractivity contribution is 7.92. The van der Waals surface area contributed by atoms with Crippen molar-refractivity contribution in [3.63, 3.8) is 0 Å². The van der Waals surface area contributed by atoms with E-state index in [4.69, 9.17) is 4.74 Å². The molecular weight excluding hydrogens is 592 g/mol.